The van der Waals surface area contributed by atoms with Crippen LogP contribution in [0.2, 0.25) is 0 Å². The summed E-state index contributed by atoms with van der Waals surface area (Å²) in [5.41, 5.74) is 0.628. The molecule has 176 valence electrons. The standard InChI is InChI=1S/C24H36N4O4/c1-17(2)27-19-8-6-7-9-20(19)28(23(27)31)22(30)25-16-18-10-13-26(14-11-18)15-12-21(29)32-24(3,4)5/h6-9,17-18H,10-16H2,1-5H3,(H,25,30). The summed E-state index contributed by atoms with van der Waals surface area (Å²) in [6.07, 6.45) is 2.27. The van der Waals surface area contributed by atoms with Crippen molar-refractivity contribution in [1.82, 2.24) is 19.4 Å². The molecule has 32 heavy (non-hydrogen) atoms. The third-order valence-corrected chi connectivity index (χ3v) is 5.80. The molecule has 0 saturated carbocycles. The Kier molecular flexibility index (Phi) is 7.44. The summed E-state index contributed by atoms with van der Waals surface area (Å²) >= 11 is 0. The number of hydrogen-bond acceptors (Lipinski definition) is 5. The van der Waals surface area contributed by atoms with Crippen molar-refractivity contribution in [2.24, 2.45) is 5.92 Å². The van der Waals surface area contributed by atoms with Crippen molar-refractivity contribution in [3.63, 3.8) is 0 Å². The molecule has 0 radical (unpaired) electrons. The van der Waals surface area contributed by atoms with Gasteiger partial charge in [-0.3, -0.25) is 9.36 Å². The number of rotatable bonds is 6. The van der Waals surface area contributed by atoms with E-state index < -0.39 is 5.60 Å². The highest BCUT2D eigenvalue weighted by molar-refractivity contribution is 5.89. The van der Waals surface area contributed by atoms with Crippen molar-refractivity contribution < 1.29 is 14.3 Å². The van der Waals surface area contributed by atoms with Crippen LogP contribution in [0.3, 0.4) is 0 Å². The molecule has 1 aromatic heterocycles. The van der Waals surface area contributed by atoms with Gasteiger partial charge in [0, 0.05) is 19.1 Å². The highest BCUT2D eigenvalue weighted by atomic mass is 16.6. The van der Waals surface area contributed by atoms with Crippen LogP contribution < -0.4 is 11.0 Å². The number of piperidine rings is 1. The smallest absolute Gasteiger partial charge is 0.337 e. The Hall–Kier alpha value is -2.61. The van der Waals surface area contributed by atoms with Crippen LogP contribution in [-0.4, -0.2) is 57.8 Å². The number of fused-ring (bicyclic) bond motifs is 1. The van der Waals surface area contributed by atoms with Gasteiger partial charge in [0.1, 0.15) is 5.60 Å². The van der Waals surface area contributed by atoms with Gasteiger partial charge in [-0.25, -0.2) is 14.2 Å². The average molecular weight is 445 g/mol. The Bertz CT molecular complexity index is 1010. The van der Waals surface area contributed by atoms with Crippen LogP contribution in [0.5, 0.6) is 0 Å². The molecule has 2 heterocycles. The topological polar surface area (TPSA) is 85.6 Å². The zero-order valence-corrected chi connectivity index (χ0v) is 19.9. The summed E-state index contributed by atoms with van der Waals surface area (Å²) in [5, 5.41) is 2.96. The summed E-state index contributed by atoms with van der Waals surface area (Å²) in [4.78, 5) is 40.0. The minimum Gasteiger partial charge on any atom is -0.460 e. The number of para-hydroxylation sites is 2. The predicted molar refractivity (Wildman–Crippen MR) is 125 cm³/mol. The fourth-order valence-electron chi connectivity index (χ4n) is 4.23. The molecule has 0 aliphatic carbocycles. The van der Waals surface area contributed by atoms with Crippen LogP contribution in [0.15, 0.2) is 29.1 Å². The molecule has 0 bridgehead atoms. The minimum atomic E-state index is -0.453. The van der Waals surface area contributed by atoms with E-state index in [9.17, 15) is 14.4 Å². The quantitative estimate of drug-likeness (QED) is 0.691. The van der Waals surface area contributed by atoms with E-state index in [1.807, 2.05) is 52.8 Å². The molecule has 1 saturated heterocycles. The molecule has 2 aromatic rings. The molecule has 1 aliphatic rings. The number of benzene rings is 1. The lowest BCUT2D eigenvalue weighted by atomic mass is 9.97. The van der Waals surface area contributed by atoms with Crippen molar-refractivity contribution >= 4 is 23.0 Å². The van der Waals surface area contributed by atoms with Gasteiger partial charge in [-0.2, -0.15) is 0 Å². The van der Waals surface area contributed by atoms with E-state index in [4.69, 9.17) is 4.74 Å². The summed E-state index contributed by atoms with van der Waals surface area (Å²) in [5.74, 6) is 0.184. The first-order chi connectivity index (χ1) is 15.1. The fraction of sp³-hybridized carbons (Fsp3) is 0.625. The molecular weight excluding hydrogens is 408 g/mol. The summed E-state index contributed by atoms with van der Waals surface area (Å²) < 4.78 is 8.26. The molecule has 8 nitrogen and oxygen atoms in total. The molecule has 1 aromatic carbocycles. The number of amides is 1. The van der Waals surface area contributed by atoms with Crippen LogP contribution in [0.4, 0.5) is 4.79 Å². The zero-order valence-electron chi connectivity index (χ0n) is 19.9. The van der Waals surface area contributed by atoms with Crippen molar-refractivity contribution in [3.8, 4) is 0 Å². The largest absolute Gasteiger partial charge is 0.460 e. The maximum atomic E-state index is 12.9. The molecular formula is C24H36N4O4. The van der Waals surface area contributed by atoms with E-state index in [2.05, 4.69) is 10.2 Å². The minimum absolute atomic E-state index is 0.0357. The monoisotopic (exact) mass is 444 g/mol. The van der Waals surface area contributed by atoms with Gasteiger partial charge >= 0.3 is 17.7 Å². The number of ether oxygens (including phenoxy) is 1. The molecule has 0 spiro atoms. The van der Waals surface area contributed by atoms with Crippen LogP contribution in [0, 0.1) is 5.92 Å². The maximum absolute atomic E-state index is 12.9. The molecule has 3 rings (SSSR count). The number of carbonyl (C=O) groups is 2. The third kappa shape index (κ3) is 5.79. The van der Waals surface area contributed by atoms with Crippen LogP contribution in [0.1, 0.15) is 59.9 Å². The predicted octanol–water partition coefficient (Wildman–Crippen LogP) is 3.39. The Morgan fingerprint density at radius 1 is 1.12 bits per heavy atom. The highest BCUT2D eigenvalue weighted by Gasteiger charge is 2.24. The molecule has 0 atom stereocenters. The molecule has 1 amide bonds. The molecule has 8 heteroatoms. The van der Waals surface area contributed by atoms with Gasteiger partial charge in [0.2, 0.25) is 0 Å². The van der Waals surface area contributed by atoms with Gasteiger partial charge in [-0.15, -0.1) is 0 Å². The number of aromatic nitrogens is 2. The second kappa shape index (κ2) is 9.90. The number of imidazole rings is 1. The van der Waals surface area contributed by atoms with E-state index in [1.54, 1.807) is 10.6 Å². The first-order valence-corrected chi connectivity index (χ1v) is 11.5. The number of nitrogens with one attached hydrogen (secondary N) is 1. The molecule has 0 unspecified atom stereocenters. The second-order valence-electron chi connectivity index (χ2n) is 9.88. The Morgan fingerprint density at radius 3 is 2.34 bits per heavy atom. The summed E-state index contributed by atoms with van der Waals surface area (Å²) in [6, 6.07) is 6.97. The van der Waals surface area contributed by atoms with E-state index in [0.29, 0.717) is 30.9 Å². The van der Waals surface area contributed by atoms with Gasteiger partial charge in [0.15, 0.2) is 0 Å². The first-order valence-electron chi connectivity index (χ1n) is 11.5. The van der Waals surface area contributed by atoms with Gasteiger partial charge in [0.05, 0.1) is 17.5 Å². The van der Waals surface area contributed by atoms with Gasteiger partial charge < -0.3 is 15.0 Å². The summed E-state index contributed by atoms with van der Waals surface area (Å²) in [6.45, 7) is 12.5. The van der Waals surface area contributed by atoms with Crippen molar-refractivity contribution in [1.29, 1.82) is 0 Å². The number of esters is 1. The van der Waals surface area contributed by atoms with Crippen LogP contribution >= 0.6 is 0 Å². The molecule has 1 aliphatic heterocycles. The Labute approximate surface area is 189 Å². The fourth-order valence-corrected chi connectivity index (χ4v) is 4.23. The van der Waals surface area contributed by atoms with Gasteiger partial charge in [-0.05, 0) is 78.6 Å². The van der Waals surface area contributed by atoms with Crippen molar-refractivity contribution in [2.75, 3.05) is 26.2 Å². The van der Waals surface area contributed by atoms with Crippen LogP contribution in [0.25, 0.3) is 11.0 Å². The Balaban J connectivity index is 1.52. The number of hydrogen-bond donors (Lipinski definition) is 1. The molecule has 1 N–H and O–H groups in total. The van der Waals surface area contributed by atoms with Gasteiger partial charge in [0.25, 0.3) is 0 Å². The number of likely N-dealkylation sites (tertiary alicyclic amines) is 1. The normalized spacial score (nSPS) is 15.9. The van der Waals surface area contributed by atoms with E-state index in [1.165, 1.54) is 4.57 Å². The Morgan fingerprint density at radius 2 is 1.75 bits per heavy atom. The first kappa shape index (κ1) is 24.0. The van der Waals surface area contributed by atoms with Crippen molar-refractivity contribution in [2.45, 2.75) is 65.5 Å². The van der Waals surface area contributed by atoms with E-state index in [0.717, 1.165) is 31.4 Å². The number of carbonyl (C=O) groups excluding carboxylic acids is 2. The highest BCUT2D eigenvalue weighted by Crippen LogP contribution is 2.19. The zero-order chi connectivity index (χ0) is 23.5. The lowest BCUT2D eigenvalue weighted by Gasteiger charge is -2.32. The SMILES string of the molecule is CC(C)n1c(=O)n(C(=O)NCC2CCN(CCC(=O)OC(C)(C)C)CC2)c2ccccc21. The van der Waals surface area contributed by atoms with Crippen molar-refractivity contribution in [3.05, 3.63) is 34.7 Å². The van der Waals surface area contributed by atoms with E-state index >= 15 is 0 Å². The summed E-state index contributed by atoms with van der Waals surface area (Å²) in [7, 11) is 0. The van der Waals surface area contributed by atoms with Crippen LogP contribution in [-0.2, 0) is 9.53 Å². The number of nitrogens with zero attached hydrogens (tertiary/aromatic N) is 3. The van der Waals surface area contributed by atoms with Gasteiger partial charge in [-0.1, -0.05) is 12.1 Å². The lowest BCUT2D eigenvalue weighted by molar-refractivity contribution is -0.155. The average Bonchev–Trinajstić information content (AvgIpc) is 3.02. The maximum Gasteiger partial charge on any atom is 0.337 e. The van der Waals surface area contributed by atoms with E-state index in [-0.39, 0.29) is 23.7 Å². The lowest BCUT2D eigenvalue weighted by Crippen LogP contribution is -2.42. The molecule has 1 fully saturated rings. The third-order valence-electron chi connectivity index (χ3n) is 5.80. The second-order valence-corrected chi connectivity index (χ2v) is 9.88.